The minimum Gasteiger partial charge on any atom is -0.444 e. The number of nitrogens with one attached hydrogen (secondary N) is 2. The Kier molecular flexibility index (Phi) is 12.2. The van der Waals surface area contributed by atoms with Crippen molar-refractivity contribution in [3.8, 4) is 0 Å². The van der Waals surface area contributed by atoms with Gasteiger partial charge in [-0.1, -0.05) is 62.4 Å². The summed E-state index contributed by atoms with van der Waals surface area (Å²) in [5.41, 5.74) is 2.87. The van der Waals surface area contributed by atoms with Crippen LogP contribution in [-0.2, 0) is 20.9 Å². The van der Waals surface area contributed by atoms with Gasteiger partial charge in [0.05, 0.1) is 6.61 Å². The van der Waals surface area contributed by atoms with E-state index in [0.29, 0.717) is 24.4 Å². The van der Waals surface area contributed by atoms with Crippen LogP contribution in [0, 0.1) is 19.8 Å². The molecule has 0 heterocycles. The number of aryl methyl sites for hydroxylation is 2. The number of carbonyl (C=O) groups excluding carboxylic acids is 3. The molecule has 0 saturated heterocycles. The van der Waals surface area contributed by atoms with Gasteiger partial charge in [-0.15, -0.1) is 0 Å². The van der Waals surface area contributed by atoms with Crippen LogP contribution in [0.3, 0.4) is 0 Å². The van der Waals surface area contributed by atoms with E-state index >= 15 is 0 Å². The zero-order valence-electron chi connectivity index (χ0n) is 25.3. The summed E-state index contributed by atoms with van der Waals surface area (Å²) >= 11 is 0. The van der Waals surface area contributed by atoms with Gasteiger partial charge in [-0.05, 0) is 82.6 Å². The smallest absolute Gasteiger partial charge is 0.408 e. The number of ether oxygens (including phenoxy) is 1. The van der Waals surface area contributed by atoms with Crippen molar-refractivity contribution in [2.75, 3.05) is 6.61 Å². The Labute approximate surface area is 239 Å². The number of hydrogen-bond donors (Lipinski definition) is 3. The van der Waals surface area contributed by atoms with E-state index < -0.39 is 36.3 Å². The van der Waals surface area contributed by atoms with Gasteiger partial charge in [0, 0.05) is 12.6 Å². The molecule has 0 bridgehead atoms. The summed E-state index contributed by atoms with van der Waals surface area (Å²) in [7, 11) is 0. The predicted molar refractivity (Wildman–Crippen MR) is 158 cm³/mol. The summed E-state index contributed by atoms with van der Waals surface area (Å²) in [6.07, 6.45) is 0.659. The molecule has 2 rings (SSSR count). The third kappa shape index (κ3) is 9.97. The Balaban J connectivity index is 2.53. The second-order valence-corrected chi connectivity index (χ2v) is 11.9. The van der Waals surface area contributed by atoms with E-state index in [-0.39, 0.29) is 11.9 Å². The molecule has 3 atom stereocenters. The first-order valence-electron chi connectivity index (χ1n) is 14.0. The van der Waals surface area contributed by atoms with Crippen LogP contribution >= 0.6 is 0 Å². The van der Waals surface area contributed by atoms with E-state index in [4.69, 9.17) is 4.74 Å². The number of nitrogens with zero attached hydrogens (tertiary/aromatic N) is 1. The highest BCUT2D eigenvalue weighted by Crippen LogP contribution is 2.29. The highest BCUT2D eigenvalue weighted by atomic mass is 16.6. The molecule has 40 heavy (non-hydrogen) atoms. The average molecular weight is 554 g/mol. The van der Waals surface area contributed by atoms with Gasteiger partial charge in [-0.3, -0.25) is 9.59 Å². The molecule has 0 radical (unpaired) electrons. The predicted octanol–water partition coefficient (Wildman–Crippen LogP) is 5.20. The van der Waals surface area contributed by atoms with Crippen LogP contribution in [-0.4, -0.2) is 52.2 Å². The molecule has 3 amide bonds. The van der Waals surface area contributed by atoms with E-state index in [9.17, 15) is 19.5 Å². The number of aliphatic hydroxyl groups is 1. The molecule has 2 aromatic rings. The van der Waals surface area contributed by atoms with Crippen LogP contribution in [0.4, 0.5) is 4.79 Å². The summed E-state index contributed by atoms with van der Waals surface area (Å²) in [6.45, 7) is 14.9. The lowest BCUT2D eigenvalue weighted by Gasteiger charge is -2.38. The fourth-order valence-corrected chi connectivity index (χ4v) is 4.38. The molecular weight excluding hydrogens is 506 g/mol. The molecule has 0 saturated carbocycles. The van der Waals surface area contributed by atoms with Crippen molar-refractivity contribution in [2.24, 2.45) is 5.92 Å². The maximum Gasteiger partial charge on any atom is 0.408 e. The Morgan fingerprint density at radius 1 is 0.950 bits per heavy atom. The molecule has 8 nitrogen and oxygen atoms in total. The topological polar surface area (TPSA) is 108 Å². The van der Waals surface area contributed by atoms with E-state index in [2.05, 4.69) is 24.5 Å². The Bertz CT molecular complexity index is 1130. The first kappa shape index (κ1) is 32.8. The number of aliphatic hydroxyl groups excluding tert-OH is 1. The van der Waals surface area contributed by atoms with Crippen molar-refractivity contribution < 1.29 is 24.2 Å². The van der Waals surface area contributed by atoms with Crippen LogP contribution in [0.2, 0.25) is 0 Å². The number of carbonyl (C=O) groups is 3. The lowest BCUT2D eigenvalue weighted by atomic mass is 9.95. The molecule has 8 heteroatoms. The van der Waals surface area contributed by atoms with Gasteiger partial charge in [-0.25, -0.2) is 4.79 Å². The molecule has 0 aliphatic carbocycles. The van der Waals surface area contributed by atoms with Crippen LogP contribution in [0.25, 0.3) is 0 Å². The van der Waals surface area contributed by atoms with E-state index in [1.54, 1.807) is 20.8 Å². The Morgan fingerprint density at radius 3 is 2.15 bits per heavy atom. The van der Waals surface area contributed by atoms with Crippen molar-refractivity contribution >= 4 is 17.9 Å². The first-order valence-corrected chi connectivity index (χ1v) is 14.0. The van der Waals surface area contributed by atoms with Crippen molar-refractivity contribution in [3.63, 3.8) is 0 Å². The third-order valence-corrected chi connectivity index (χ3v) is 6.75. The van der Waals surface area contributed by atoms with Crippen molar-refractivity contribution in [3.05, 3.63) is 70.8 Å². The fraction of sp³-hybridized carbons (Fsp3) is 0.531. The maximum absolute atomic E-state index is 14.1. The van der Waals surface area contributed by atoms with Gasteiger partial charge in [-0.2, -0.15) is 0 Å². The van der Waals surface area contributed by atoms with Gasteiger partial charge >= 0.3 is 6.09 Å². The van der Waals surface area contributed by atoms with Gasteiger partial charge in [0.1, 0.15) is 17.7 Å². The van der Waals surface area contributed by atoms with Crippen LogP contribution < -0.4 is 10.6 Å². The molecular formula is C32H47N3O5. The van der Waals surface area contributed by atoms with E-state index in [1.165, 1.54) is 4.90 Å². The van der Waals surface area contributed by atoms with Gasteiger partial charge in [0.25, 0.3) is 0 Å². The third-order valence-electron chi connectivity index (χ3n) is 6.75. The summed E-state index contributed by atoms with van der Waals surface area (Å²) in [4.78, 5) is 42.1. The highest BCUT2D eigenvalue weighted by Gasteiger charge is 2.38. The molecule has 220 valence electrons. The zero-order valence-corrected chi connectivity index (χ0v) is 25.3. The molecule has 3 N–H and O–H groups in total. The Hall–Kier alpha value is -3.39. The second-order valence-electron chi connectivity index (χ2n) is 11.9. The first-order chi connectivity index (χ1) is 18.7. The quantitative estimate of drug-likeness (QED) is 0.335. The minimum absolute atomic E-state index is 0.295. The molecule has 0 fully saturated rings. The lowest BCUT2D eigenvalue weighted by Crippen LogP contribution is -2.56. The number of hydrogen-bond acceptors (Lipinski definition) is 5. The largest absolute Gasteiger partial charge is 0.444 e. The van der Waals surface area contributed by atoms with Crippen LogP contribution in [0.1, 0.15) is 82.7 Å². The standard InChI is InChI=1S/C32H47N3O5/c1-21(2)14-16-24(5)35(30(38)27(20-36)34-31(39)40-32(6,7)8)28(26-17-15-22(3)23(4)18-26)29(37)33-19-25-12-10-9-11-13-25/h9-13,15,17-18,21,24,27-28,36H,14,16,19-20H2,1-8H3,(H,33,37)(H,34,39). The summed E-state index contributed by atoms with van der Waals surface area (Å²) in [5.74, 6) is -0.506. The summed E-state index contributed by atoms with van der Waals surface area (Å²) in [6, 6.07) is 12.7. The lowest BCUT2D eigenvalue weighted by molar-refractivity contribution is -0.146. The molecule has 0 aromatic heterocycles. The Morgan fingerprint density at radius 2 is 1.60 bits per heavy atom. The van der Waals surface area contributed by atoms with Gasteiger partial charge < -0.3 is 25.4 Å². The summed E-state index contributed by atoms with van der Waals surface area (Å²) in [5, 5.41) is 15.7. The van der Waals surface area contributed by atoms with E-state index in [1.807, 2.05) is 69.3 Å². The number of rotatable bonds is 12. The zero-order chi connectivity index (χ0) is 30.0. The number of benzene rings is 2. The summed E-state index contributed by atoms with van der Waals surface area (Å²) < 4.78 is 5.34. The van der Waals surface area contributed by atoms with Crippen LogP contribution in [0.5, 0.6) is 0 Å². The van der Waals surface area contributed by atoms with Gasteiger partial charge in [0.15, 0.2) is 0 Å². The maximum atomic E-state index is 14.1. The average Bonchev–Trinajstić information content (AvgIpc) is 2.88. The molecule has 0 aliphatic rings. The monoisotopic (exact) mass is 553 g/mol. The normalized spacial score (nSPS) is 13.8. The minimum atomic E-state index is -1.28. The SMILES string of the molecule is Cc1ccc(C(C(=O)NCc2ccccc2)N(C(=O)C(CO)NC(=O)OC(C)(C)C)C(C)CCC(C)C)cc1C. The number of alkyl carbamates (subject to hydrolysis) is 1. The second kappa shape index (κ2) is 14.8. The van der Waals surface area contributed by atoms with Crippen molar-refractivity contribution in [2.45, 2.75) is 98.5 Å². The molecule has 3 unspecified atom stereocenters. The van der Waals surface area contributed by atoms with E-state index in [0.717, 1.165) is 23.1 Å². The highest BCUT2D eigenvalue weighted by molar-refractivity contribution is 5.92. The molecule has 2 aromatic carbocycles. The van der Waals surface area contributed by atoms with Crippen molar-refractivity contribution in [1.29, 1.82) is 0 Å². The fourth-order valence-electron chi connectivity index (χ4n) is 4.38. The van der Waals surface area contributed by atoms with Crippen LogP contribution in [0.15, 0.2) is 48.5 Å². The van der Waals surface area contributed by atoms with Gasteiger partial charge in [0.2, 0.25) is 11.8 Å². The van der Waals surface area contributed by atoms with Crippen molar-refractivity contribution in [1.82, 2.24) is 15.5 Å². The molecule has 0 spiro atoms. The molecule has 0 aliphatic heterocycles. The number of amides is 3.